The van der Waals surface area contributed by atoms with Gasteiger partial charge in [-0.3, -0.25) is 19.9 Å². The highest BCUT2D eigenvalue weighted by Gasteiger charge is 2.31. The van der Waals surface area contributed by atoms with Crippen molar-refractivity contribution in [3.63, 3.8) is 0 Å². The molecule has 26 heavy (non-hydrogen) atoms. The highest BCUT2D eigenvalue weighted by molar-refractivity contribution is 5.78. The molecule has 0 aromatic heterocycles. The number of hydrogen-bond acceptors (Lipinski definition) is 4. The van der Waals surface area contributed by atoms with Crippen LogP contribution in [0.5, 0.6) is 0 Å². The summed E-state index contributed by atoms with van der Waals surface area (Å²) in [5.74, 6) is 0.289. The van der Waals surface area contributed by atoms with Gasteiger partial charge in [0.2, 0.25) is 12.3 Å². The van der Waals surface area contributed by atoms with E-state index in [2.05, 4.69) is 10.9 Å². The molecule has 0 aliphatic heterocycles. The third kappa shape index (κ3) is 6.77. The van der Waals surface area contributed by atoms with Gasteiger partial charge in [-0.25, -0.2) is 10.5 Å². The normalized spacial score (nSPS) is 15.8. The molecule has 6 nitrogen and oxygen atoms in total. The summed E-state index contributed by atoms with van der Waals surface area (Å²) in [4.78, 5) is 29.5. The van der Waals surface area contributed by atoms with Gasteiger partial charge in [0, 0.05) is 18.5 Å². The van der Waals surface area contributed by atoms with Crippen LogP contribution in [0.2, 0.25) is 0 Å². The van der Waals surface area contributed by atoms with Gasteiger partial charge in [-0.15, -0.1) is 0 Å². The summed E-state index contributed by atoms with van der Waals surface area (Å²) in [6, 6.07) is 9.91. The molecule has 2 amide bonds. The van der Waals surface area contributed by atoms with Crippen molar-refractivity contribution in [3.05, 3.63) is 35.9 Å². The first-order valence-electron chi connectivity index (χ1n) is 9.54. The fourth-order valence-corrected chi connectivity index (χ4v) is 3.39. The van der Waals surface area contributed by atoms with Gasteiger partial charge in [-0.2, -0.15) is 0 Å². The fraction of sp³-hybridized carbons (Fsp3) is 0.600. The standard InChI is InChI=1S/C20H31N3O3/c1-16(2)21-22-20(25)19(18-10-6-7-11-18)12-13-23(15-24)26-14-17-8-4-3-5-9-17/h3-5,8-9,15-16,18-19,21H,6-7,10-14H2,1-2H3,(H,22,25). The minimum Gasteiger partial charge on any atom is -0.291 e. The van der Waals surface area contributed by atoms with E-state index in [1.807, 2.05) is 44.2 Å². The second kappa shape index (κ2) is 10.9. The summed E-state index contributed by atoms with van der Waals surface area (Å²) in [6.07, 6.45) is 5.79. The molecule has 1 aromatic rings. The van der Waals surface area contributed by atoms with Gasteiger partial charge < -0.3 is 0 Å². The first-order chi connectivity index (χ1) is 12.6. The Morgan fingerprint density at radius 2 is 1.96 bits per heavy atom. The molecule has 1 fully saturated rings. The minimum atomic E-state index is -0.105. The van der Waals surface area contributed by atoms with Gasteiger partial charge in [0.15, 0.2) is 0 Å². The Balaban J connectivity index is 1.86. The Hall–Kier alpha value is -1.92. The van der Waals surface area contributed by atoms with Crippen molar-refractivity contribution in [2.75, 3.05) is 6.54 Å². The Labute approximate surface area is 156 Å². The fourth-order valence-electron chi connectivity index (χ4n) is 3.39. The number of hydrogen-bond donors (Lipinski definition) is 2. The van der Waals surface area contributed by atoms with Crippen LogP contribution in [-0.4, -0.2) is 30.0 Å². The van der Waals surface area contributed by atoms with Gasteiger partial charge in [-0.1, -0.05) is 43.2 Å². The van der Waals surface area contributed by atoms with Gasteiger partial charge in [-0.05, 0) is 44.6 Å². The Morgan fingerprint density at radius 1 is 1.27 bits per heavy atom. The number of carbonyl (C=O) groups is 2. The van der Waals surface area contributed by atoms with Crippen molar-refractivity contribution in [2.45, 2.75) is 58.6 Å². The number of nitrogens with one attached hydrogen (secondary N) is 2. The molecule has 2 rings (SSSR count). The van der Waals surface area contributed by atoms with Crippen LogP contribution < -0.4 is 10.9 Å². The van der Waals surface area contributed by atoms with Crippen molar-refractivity contribution in [3.8, 4) is 0 Å². The zero-order valence-corrected chi connectivity index (χ0v) is 15.8. The molecule has 1 atom stereocenters. The van der Waals surface area contributed by atoms with E-state index in [0.29, 0.717) is 31.9 Å². The maximum absolute atomic E-state index is 12.6. The number of rotatable bonds is 11. The van der Waals surface area contributed by atoms with Crippen LogP contribution >= 0.6 is 0 Å². The minimum absolute atomic E-state index is 0.0134. The third-order valence-electron chi connectivity index (χ3n) is 4.81. The van der Waals surface area contributed by atoms with Crippen molar-refractivity contribution >= 4 is 12.3 Å². The number of benzene rings is 1. The quantitative estimate of drug-likeness (QED) is 0.470. The third-order valence-corrected chi connectivity index (χ3v) is 4.81. The summed E-state index contributed by atoms with van der Waals surface area (Å²) in [7, 11) is 0. The van der Waals surface area contributed by atoms with Crippen molar-refractivity contribution in [2.24, 2.45) is 11.8 Å². The van der Waals surface area contributed by atoms with E-state index < -0.39 is 0 Å². The lowest BCUT2D eigenvalue weighted by Crippen LogP contribution is -2.46. The summed E-state index contributed by atoms with van der Waals surface area (Å²) < 4.78 is 0. The number of hydroxylamine groups is 2. The second-order valence-electron chi connectivity index (χ2n) is 7.23. The van der Waals surface area contributed by atoms with E-state index in [-0.39, 0.29) is 17.9 Å². The molecule has 0 spiro atoms. The van der Waals surface area contributed by atoms with E-state index in [9.17, 15) is 9.59 Å². The number of nitrogens with zero attached hydrogens (tertiary/aromatic N) is 1. The van der Waals surface area contributed by atoms with Crippen molar-refractivity contribution < 1.29 is 14.4 Å². The molecule has 0 heterocycles. The second-order valence-corrected chi connectivity index (χ2v) is 7.23. The first-order valence-corrected chi connectivity index (χ1v) is 9.54. The molecule has 0 bridgehead atoms. The summed E-state index contributed by atoms with van der Waals surface area (Å²) >= 11 is 0. The maximum atomic E-state index is 12.6. The average molecular weight is 361 g/mol. The van der Waals surface area contributed by atoms with Crippen LogP contribution in [0.15, 0.2) is 30.3 Å². The van der Waals surface area contributed by atoms with Crippen LogP contribution in [0.4, 0.5) is 0 Å². The van der Waals surface area contributed by atoms with Gasteiger partial charge in [0.25, 0.3) is 0 Å². The van der Waals surface area contributed by atoms with Crippen molar-refractivity contribution in [1.82, 2.24) is 15.9 Å². The topological polar surface area (TPSA) is 70.7 Å². The molecular weight excluding hydrogens is 330 g/mol. The molecule has 1 aliphatic carbocycles. The Morgan fingerprint density at radius 3 is 2.58 bits per heavy atom. The smallest absolute Gasteiger partial charge is 0.237 e. The molecule has 0 saturated heterocycles. The number of amides is 2. The van der Waals surface area contributed by atoms with Crippen LogP contribution in [0.1, 0.15) is 51.5 Å². The predicted octanol–water partition coefficient (Wildman–Crippen LogP) is 2.80. The predicted molar refractivity (Wildman–Crippen MR) is 100 cm³/mol. The zero-order valence-electron chi connectivity index (χ0n) is 15.8. The summed E-state index contributed by atoms with van der Waals surface area (Å²) in [5, 5.41) is 1.30. The molecule has 1 saturated carbocycles. The van der Waals surface area contributed by atoms with E-state index in [4.69, 9.17) is 4.84 Å². The maximum Gasteiger partial charge on any atom is 0.237 e. The highest BCUT2D eigenvalue weighted by Crippen LogP contribution is 2.33. The molecule has 1 aliphatic rings. The first kappa shape index (κ1) is 20.4. The molecule has 1 aromatic carbocycles. The number of hydrazine groups is 1. The van der Waals surface area contributed by atoms with Crippen LogP contribution in [0, 0.1) is 11.8 Å². The lowest BCUT2D eigenvalue weighted by molar-refractivity contribution is -0.179. The van der Waals surface area contributed by atoms with E-state index >= 15 is 0 Å². The molecule has 1 unspecified atom stereocenters. The summed E-state index contributed by atoms with van der Waals surface area (Å²) in [5.41, 5.74) is 6.81. The SMILES string of the molecule is CC(C)NNC(=O)C(CCN(C=O)OCc1ccccc1)C1CCCC1. The molecular formula is C20H31N3O3. The number of carbonyl (C=O) groups excluding carboxylic acids is 2. The van der Waals surface area contributed by atoms with E-state index in [0.717, 1.165) is 18.4 Å². The van der Waals surface area contributed by atoms with Crippen molar-refractivity contribution in [1.29, 1.82) is 0 Å². The molecule has 2 N–H and O–H groups in total. The van der Waals surface area contributed by atoms with E-state index in [1.165, 1.54) is 17.9 Å². The molecule has 6 heteroatoms. The van der Waals surface area contributed by atoms with Gasteiger partial charge in [0.1, 0.15) is 6.61 Å². The highest BCUT2D eigenvalue weighted by atomic mass is 16.7. The Bertz CT molecular complexity index is 544. The molecule has 0 radical (unpaired) electrons. The van der Waals surface area contributed by atoms with Crippen LogP contribution in [0.25, 0.3) is 0 Å². The average Bonchev–Trinajstić information content (AvgIpc) is 3.18. The van der Waals surface area contributed by atoms with Crippen LogP contribution in [0.3, 0.4) is 0 Å². The lowest BCUT2D eigenvalue weighted by Gasteiger charge is -2.25. The van der Waals surface area contributed by atoms with E-state index in [1.54, 1.807) is 0 Å². The van der Waals surface area contributed by atoms with Gasteiger partial charge >= 0.3 is 0 Å². The molecule has 144 valence electrons. The van der Waals surface area contributed by atoms with Crippen LogP contribution in [-0.2, 0) is 21.0 Å². The van der Waals surface area contributed by atoms with Gasteiger partial charge in [0.05, 0.1) is 0 Å². The Kier molecular flexibility index (Phi) is 8.58. The zero-order chi connectivity index (χ0) is 18.8. The lowest BCUT2D eigenvalue weighted by atomic mass is 9.87. The summed E-state index contributed by atoms with van der Waals surface area (Å²) in [6.45, 7) is 4.72. The largest absolute Gasteiger partial charge is 0.291 e. The monoisotopic (exact) mass is 361 g/mol.